The Balaban J connectivity index is 1.59. The fourth-order valence-electron chi connectivity index (χ4n) is 4.61. The van der Waals surface area contributed by atoms with Gasteiger partial charge in [0.25, 0.3) is 5.91 Å². The molecule has 0 unspecified atom stereocenters. The monoisotopic (exact) mass is 661 g/mol. The third-order valence-electron chi connectivity index (χ3n) is 6.52. The number of amides is 3. The molecular formula is C29H36IN5O5. The first-order chi connectivity index (χ1) is 19.4. The van der Waals surface area contributed by atoms with Crippen molar-refractivity contribution in [1.29, 1.82) is 0 Å². The maximum atomic E-state index is 13.0. The Labute approximate surface area is 248 Å². The van der Waals surface area contributed by atoms with Gasteiger partial charge in [0.05, 0.1) is 11.1 Å². The van der Waals surface area contributed by atoms with Crippen LogP contribution in [0.5, 0.6) is 17.2 Å². The van der Waals surface area contributed by atoms with E-state index in [0.717, 1.165) is 31.5 Å². The average molecular weight is 662 g/mol. The number of nitrogens with zero attached hydrogens (tertiary/aromatic N) is 2. The number of alkyl halides is 1. The lowest BCUT2D eigenvalue weighted by molar-refractivity contribution is 0.0745. The summed E-state index contributed by atoms with van der Waals surface area (Å²) in [7, 11) is 0. The zero-order chi connectivity index (χ0) is 28.5. The number of carbonyl (C=O) groups excluding carboxylic acids is 2. The number of hydrogen-bond donors (Lipinski definition) is 4. The van der Waals surface area contributed by atoms with Crippen molar-refractivity contribution >= 4 is 51.1 Å². The Morgan fingerprint density at radius 3 is 2.58 bits per heavy atom. The first-order valence-electron chi connectivity index (χ1n) is 13.6. The number of aliphatic hydroxyl groups is 1. The van der Waals surface area contributed by atoms with Crippen molar-refractivity contribution in [3.8, 4) is 17.2 Å². The Hall–Kier alpha value is -3.16. The number of pyridine rings is 1. The molecule has 1 fully saturated rings. The Morgan fingerprint density at radius 2 is 1.85 bits per heavy atom. The molecule has 0 aliphatic carbocycles. The number of β-amino-alcohol motifs (C(OH)–C–C–N with tert-alkyl or cyclic N) is 1. The summed E-state index contributed by atoms with van der Waals surface area (Å²) < 4.78 is 12.9. The minimum atomic E-state index is -0.670. The summed E-state index contributed by atoms with van der Waals surface area (Å²) in [6.07, 6.45) is 3.26. The van der Waals surface area contributed by atoms with Crippen LogP contribution in [-0.4, -0.2) is 72.4 Å². The topological polar surface area (TPSA) is 125 Å². The Kier molecular flexibility index (Phi) is 10.8. The number of rotatable bonds is 12. The minimum Gasteiger partial charge on any atom is -0.490 e. The lowest BCUT2D eigenvalue weighted by Crippen LogP contribution is -2.34. The SMILES string of the molecule is CCNC(=O)Nc1ccc(Oc2ccnc3cc(OC[C@H](O)CN4CCCC4)c(C(=O)NCC)cc23)cc1CI. The number of halogens is 1. The number of anilines is 1. The predicted molar refractivity (Wildman–Crippen MR) is 164 cm³/mol. The number of benzene rings is 2. The highest BCUT2D eigenvalue weighted by atomic mass is 127. The van der Waals surface area contributed by atoms with Crippen LogP contribution in [0.25, 0.3) is 10.9 Å². The molecule has 2 aromatic carbocycles. The molecule has 3 aromatic rings. The van der Waals surface area contributed by atoms with Crippen LogP contribution in [0.3, 0.4) is 0 Å². The van der Waals surface area contributed by atoms with E-state index in [-0.39, 0.29) is 18.5 Å². The largest absolute Gasteiger partial charge is 0.490 e. The molecule has 4 rings (SSSR count). The smallest absolute Gasteiger partial charge is 0.319 e. The van der Waals surface area contributed by atoms with Crippen molar-refractivity contribution in [2.24, 2.45) is 0 Å². The molecule has 1 aromatic heterocycles. The summed E-state index contributed by atoms with van der Waals surface area (Å²) >= 11 is 2.24. The van der Waals surface area contributed by atoms with Gasteiger partial charge in [0, 0.05) is 47.4 Å². The second-order valence-electron chi connectivity index (χ2n) is 9.55. The van der Waals surface area contributed by atoms with E-state index in [2.05, 4.69) is 48.4 Å². The van der Waals surface area contributed by atoms with Gasteiger partial charge in [-0.15, -0.1) is 0 Å². The van der Waals surface area contributed by atoms with Crippen molar-refractivity contribution in [3.05, 3.63) is 53.7 Å². The number of hydrogen-bond acceptors (Lipinski definition) is 7. The van der Waals surface area contributed by atoms with Crippen LogP contribution in [0, 0.1) is 0 Å². The van der Waals surface area contributed by atoms with Gasteiger partial charge in [-0.25, -0.2) is 4.79 Å². The third kappa shape index (κ3) is 7.73. The zero-order valence-corrected chi connectivity index (χ0v) is 25.0. The highest BCUT2D eigenvalue weighted by Crippen LogP contribution is 2.35. The molecule has 11 heteroatoms. The fourth-order valence-corrected chi connectivity index (χ4v) is 5.24. The van der Waals surface area contributed by atoms with Crippen molar-refractivity contribution in [1.82, 2.24) is 20.5 Å². The summed E-state index contributed by atoms with van der Waals surface area (Å²) in [6, 6.07) is 10.4. The normalized spacial score (nSPS) is 14.1. The summed E-state index contributed by atoms with van der Waals surface area (Å²) in [6.45, 7) is 7.28. The van der Waals surface area contributed by atoms with Crippen LogP contribution in [-0.2, 0) is 4.43 Å². The lowest BCUT2D eigenvalue weighted by atomic mass is 10.1. The van der Waals surface area contributed by atoms with Crippen molar-refractivity contribution in [3.63, 3.8) is 0 Å². The van der Waals surface area contributed by atoms with Crippen molar-refractivity contribution in [2.45, 2.75) is 37.2 Å². The maximum absolute atomic E-state index is 13.0. The molecule has 1 aliphatic heterocycles. The van der Waals surface area contributed by atoms with E-state index >= 15 is 0 Å². The van der Waals surface area contributed by atoms with E-state index in [4.69, 9.17) is 9.47 Å². The minimum absolute atomic E-state index is 0.0698. The van der Waals surface area contributed by atoms with E-state index < -0.39 is 6.10 Å². The number of aromatic nitrogens is 1. The van der Waals surface area contributed by atoms with Gasteiger partial charge < -0.3 is 35.4 Å². The summed E-state index contributed by atoms with van der Waals surface area (Å²) in [5, 5.41) is 19.6. The highest BCUT2D eigenvalue weighted by Gasteiger charge is 2.20. The predicted octanol–water partition coefficient (Wildman–Crippen LogP) is 4.69. The first kappa shape index (κ1) is 29.8. The first-order valence-corrected chi connectivity index (χ1v) is 15.1. The molecule has 0 spiro atoms. The van der Waals surface area contributed by atoms with E-state index in [1.54, 1.807) is 30.5 Å². The Morgan fingerprint density at radius 1 is 1.07 bits per heavy atom. The summed E-state index contributed by atoms with van der Waals surface area (Å²) in [5.74, 6) is 1.19. The lowest BCUT2D eigenvalue weighted by Gasteiger charge is -2.20. The molecule has 1 saturated heterocycles. The molecule has 2 heterocycles. The molecule has 0 saturated carbocycles. The van der Waals surface area contributed by atoms with Gasteiger partial charge in [-0.05, 0) is 75.7 Å². The molecule has 3 amide bonds. The summed E-state index contributed by atoms with van der Waals surface area (Å²) in [5.41, 5.74) is 2.56. The number of aliphatic hydroxyl groups excluding tert-OH is 1. The van der Waals surface area contributed by atoms with Crippen LogP contribution >= 0.6 is 22.6 Å². The van der Waals surface area contributed by atoms with Crippen molar-refractivity contribution in [2.75, 3.05) is 44.6 Å². The van der Waals surface area contributed by atoms with Crippen LogP contribution < -0.4 is 25.4 Å². The molecule has 0 bridgehead atoms. The second-order valence-corrected chi connectivity index (χ2v) is 10.3. The fraction of sp³-hybridized carbons (Fsp3) is 0.414. The van der Waals surface area contributed by atoms with Gasteiger partial charge in [-0.2, -0.15) is 0 Å². The van der Waals surface area contributed by atoms with Crippen LogP contribution in [0.15, 0.2) is 42.6 Å². The average Bonchev–Trinajstić information content (AvgIpc) is 3.45. The molecule has 0 radical (unpaired) electrons. The number of carbonyl (C=O) groups is 2. The van der Waals surface area contributed by atoms with Gasteiger partial charge in [0.2, 0.25) is 0 Å². The summed E-state index contributed by atoms with van der Waals surface area (Å²) in [4.78, 5) is 31.7. The van der Waals surface area contributed by atoms with Gasteiger partial charge in [-0.3, -0.25) is 9.78 Å². The highest BCUT2D eigenvalue weighted by molar-refractivity contribution is 14.1. The van der Waals surface area contributed by atoms with E-state index in [1.807, 2.05) is 26.0 Å². The number of urea groups is 1. The number of likely N-dealkylation sites (tertiary alicyclic amines) is 1. The van der Waals surface area contributed by atoms with Gasteiger partial charge >= 0.3 is 6.03 Å². The van der Waals surface area contributed by atoms with Crippen LogP contribution in [0.2, 0.25) is 0 Å². The maximum Gasteiger partial charge on any atom is 0.319 e. The number of nitrogens with one attached hydrogen (secondary N) is 3. The Bertz CT molecular complexity index is 1330. The molecule has 1 atom stereocenters. The van der Waals surface area contributed by atoms with Gasteiger partial charge in [-0.1, -0.05) is 22.6 Å². The van der Waals surface area contributed by atoms with E-state index in [9.17, 15) is 14.7 Å². The van der Waals surface area contributed by atoms with Gasteiger partial charge in [0.1, 0.15) is 30.0 Å². The standard InChI is InChI=1S/C29H36IN5O5/c1-3-31-28(37)23-14-22-25(15-27(23)39-18-20(36)17-35-11-5-6-12-35)33-10-9-26(22)40-21-7-8-24(19(13-21)16-30)34-29(38)32-4-2/h7-10,13-15,20,36H,3-6,11-12,16-18H2,1-2H3,(H,31,37)(H2,32,34,38)/t20-/m1/s1. The number of ether oxygens (including phenoxy) is 2. The molecule has 4 N–H and O–H groups in total. The van der Waals surface area contributed by atoms with E-state index in [0.29, 0.717) is 63.5 Å². The van der Waals surface area contributed by atoms with Crippen LogP contribution in [0.1, 0.15) is 42.6 Å². The molecular weight excluding hydrogens is 625 g/mol. The van der Waals surface area contributed by atoms with Gasteiger partial charge in [0.15, 0.2) is 0 Å². The second kappa shape index (κ2) is 14.5. The van der Waals surface area contributed by atoms with Crippen LogP contribution in [0.4, 0.5) is 10.5 Å². The zero-order valence-electron chi connectivity index (χ0n) is 22.8. The molecule has 40 heavy (non-hydrogen) atoms. The molecule has 214 valence electrons. The quantitative estimate of drug-likeness (QED) is 0.164. The molecule has 1 aliphatic rings. The number of fused-ring (bicyclic) bond motifs is 1. The van der Waals surface area contributed by atoms with E-state index in [1.165, 1.54) is 0 Å². The third-order valence-corrected chi connectivity index (χ3v) is 7.34. The van der Waals surface area contributed by atoms with Crippen molar-refractivity contribution < 1.29 is 24.2 Å². The molecule has 10 nitrogen and oxygen atoms in total.